The van der Waals surface area contributed by atoms with Crippen molar-refractivity contribution in [1.29, 1.82) is 0 Å². The molecule has 1 heterocycles. The summed E-state index contributed by atoms with van der Waals surface area (Å²) in [6.45, 7) is 1.01. The Labute approximate surface area is 101 Å². The highest BCUT2D eigenvalue weighted by atomic mass is 16.5. The molecule has 0 bridgehead atoms. The molecule has 0 aromatic carbocycles. The molecule has 1 saturated heterocycles. The largest absolute Gasteiger partial charge is 0.381 e. The van der Waals surface area contributed by atoms with Crippen molar-refractivity contribution in [3.8, 4) is 12.3 Å². The molecule has 0 aliphatic carbocycles. The van der Waals surface area contributed by atoms with E-state index in [9.17, 15) is 9.59 Å². The molecule has 0 spiro atoms. The van der Waals surface area contributed by atoms with Crippen LogP contribution in [0.4, 0.5) is 0 Å². The summed E-state index contributed by atoms with van der Waals surface area (Å²) in [7, 11) is 0. The van der Waals surface area contributed by atoms with Crippen molar-refractivity contribution in [2.75, 3.05) is 13.2 Å². The maximum Gasteiger partial charge on any atom is 0.240 e. The minimum absolute atomic E-state index is 0.160. The van der Waals surface area contributed by atoms with Crippen LogP contribution in [0.3, 0.4) is 0 Å². The molecular weight excluding hydrogens is 220 g/mol. The molecular formula is C12H18N2O3. The number of carbonyl (C=O) groups is 2. The fraction of sp³-hybridized carbons (Fsp3) is 0.667. The molecule has 0 aromatic rings. The zero-order valence-electron chi connectivity index (χ0n) is 9.78. The number of carbonyl (C=O) groups excluding carboxylic acids is 2. The van der Waals surface area contributed by atoms with Gasteiger partial charge in [0.2, 0.25) is 11.8 Å². The highest BCUT2D eigenvalue weighted by Crippen LogP contribution is 2.13. The Hall–Kier alpha value is -1.54. The summed E-state index contributed by atoms with van der Waals surface area (Å²) in [4.78, 5) is 22.9. The third-order valence-electron chi connectivity index (χ3n) is 2.77. The second-order valence-corrected chi connectivity index (χ2v) is 4.12. The third kappa shape index (κ3) is 4.45. The number of terminal acetylenes is 1. The lowest BCUT2D eigenvalue weighted by Gasteiger charge is -2.17. The lowest BCUT2D eigenvalue weighted by Crippen LogP contribution is -2.46. The molecule has 0 aromatic heterocycles. The smallest absolute Gasteiger partial charge is 0.240 e. The Morgan fingerprint density at radius 1 is 1.59 bits per heavy atom. The van der Waals surface area contributed by atoms with Crippen LogP contribution in [-0.2, 0) is 14.3 Å². The zero-order chi connectivity index (χ0) is 12.7. The molecule has 94 valence electrons. The van der Waals surface area contributed by atoms with Crippen LogP contribution in [0.15, 0.2) is 0 Å². The van der Waals surface area contributed by atoms with Gasteiger partial charge in [0.15, 0.2) is 0 Å². The van der Waals surface area contributed by atoms with E-state index in [1.165, 1.54) is 0 Å². The van der Waals surface area contributed by atoms with Crippen molar-refractivity contribution in [2.24, 2.45) is 11.7 Å². The molecule has 0 radical (unpaired) electrons. The van der Waals surface area contributed by atoms with Crippen LogP contribution in [0, 0.1) is 18.3 Å². The number of amides is 2. The second-order valence-electron chi connectivity index (χ2n) is 4.12. The maximum absolute atomic E-state index is 11.8. The molecule has 1 aliphatic rings. The number of nitrogens with one attached hydrogen (secondary N) is 1. The quantitative estimate of drug-likeness (QED) is 0.496. The van der Waals surface area contributed by atoms with Gasteiger partial charge in [-0.05, 0) is 19.3 Å². The van der Waals surface area contributed by atoms with Gasteiger partial charge < -0.3 is 15.8 Å². The number of ether oxygens (including phenoxy) is 1. The van der Waals surface area contributed by atoms with Crippen LogP contribution in [0.25, 0.3) is 0 Å². The first-order valence-corrected chi connectivity index (χ1v) is 5.76. The van der Waals surface area contributed by atoms with Gasteiger partial charge in [0, 0.05) is 13.0 Å². The van der Waals surface area contributed by atoms with Gasteiger partial charge in [-0.25, -0.2) is 0 Å². The van der Waals surface area contributed by atoms with E-state index < -0.39 is 11.9 Å². The first-order chi connectivity index (χ1) is 8.15. The van der Waals surface area contributed by atoms with Crippen LogP contribution in [0.1, 0.15) is 25.7 Å². The summed E-state index contributed by atoms with van der Waals surface area (Å²) < 4.78 is 5.12. The molecule has 1 aliphatic heterocycles. The molecule has 1 rings (SSSR count). The zero-order valence-corrected chi connectivity index (χ0v) is 9.78. The predicted molar refractivity (Wildman–Crippen MR) is 62.7 cm³/mol. The summed E-state index contributed by atoms with van der Waals surface area (Å²) >= 11 is 0. The summed E-state index contributed by atoms with van der Waals surface area (Å²) in [6.07, 6.45) is 7.55. The van der Waals surface area contributed by atoms with Crippen molar-refractivity contribution in [1.82, 2.24) is 5.32 Å². The van der Waals surface area contributed by atoms with Gasteiger partial charge in [-0.3, -0.25) is 9.59 Å². The highest BCUT2D eigenvalue weighted by Gasteiger charge is 2.26. The lowest BCUT2D eigenvalue weighted by atomic mass is 10.1. The first-order valence-electron chi connectivity index (χ1n) is 5.76. The van der Waals surface area contributed by atoms with Crippen LogP contribution in [-0.4, -0.2) is 31.1 Å². The number of hydrogen-bond acceptors (Lipinski definition) is 3. The van der Waals surface area contributed by atoms with Gasteiger partial charge in [-0.1, -0.05) is 0 Å². The molecule has 0 saturated carbocycles. The van der Waals surface area contributed by atoms with E-state index in [0.717, 1.165) is 0 Å². The molecule has 3 N–H and O–H groups in total. The van der Waals surface area contributed by atoms with Gasteiger partial charge in [-0.15, -0.1) is 12.3 Å². The predicted octanol–water partition coefficient (Wildman–Crippen LogP) is -0.203. The van der Waals surface area contributed by atoms with Gasteiger partial charge >= 0.3 is 0 Å². The molecule has 5 heteroatoms. The highest BCUT2D eigenvalue weighted by molar-refractivity contribution is 5.87. The van der Waals surface area contributed by atoms with E-state index in [4.69, 9.17) is 16.9 Å². The number of nitrogens with two attached hydrogens (primary N) is 1. The molecule has 2 amide bonds. The van der Waals surface area contributed by atoms with Crippen LogP contribution >= 0.6 is 0 Å². The van der Waals surface area contributed by atoms with Crippen molar-refractivity contribution in [3.63, 3.8) is 0 Å². The Bertz CT molecular complexity index is 316. The van der Waals surface area contributed by atoms with E-state index >= 15 is 0 Å². The standard InChI is InChI=1S/C12H18N2O3/c1-2-3-4-5-10(11(13)15)14-12(16)9-6-7-17-8-9/h1,9-10H,3-8H2,(H2,13,15)(H,14,16)/t9-,10+/m0/s1. The Balaban J connectivity index is 2.40. The Kier molecular flexibility index (Phi) is 5.50. The minimum atomic E-state index is -0.628. The topological polar surface area (TPSA) is 81.4 Å². The monoisotopic (exact) mass is 238 g/mol. The fourth-order valence-corrected chi connectivity index (χ4v) is 1.72. The van der Waals surface area contributed by atoms with Crippen LogP contribution < -0.4 is 11.1 Å². The SMILES string of the molecule is C#CCCC[C@@H](NC(=O)[C@H]1CCOC1)C(N)=O. The minimum Gasteiger partial charge on any atom is -0.381 e. The van der Waals surface area contributed by atoms with Crippen molar-refractivity contribution < 1.29 is 14.3 Å². The molecule has 2 atom stereocenters. The van der Waals surface area contributed by atoms with Gasteiger partial charge in [0.05, 0.1) is 12.5 Å². The van der Waals surface area contributed by atoms with Crippen molar-refractivity contribution in [3.05, 3.63) is 0 Å². The normalized spacial score (nSPS) is 20.5. The Morgan fingerprint density at radius 3 is 2.88 bits per heavy atom. The van der Waals surface area contributed by atoms with Crippen molar-refractivity contribution >= 4 is 11.8 Å². The maximum atomic E-state index is 11.8. The molecule has 0 unspecified atom stereocenters. The van der Waals surface area contributed by atoms with Gasteiger partial charge in [0.1, 0.15) is 6.04 Å². The molecule has 5 nitrogen and oxygen atoms in total. The summed E-state index contributed by atoms with van der Waals surface area (Å²) in [6, 6.07) is -0.628. The van der Waals surface area contributed by atoms with Crippen LogP contribution in [0.5, 0.6) is 0 Å². The van der Waals surface area contributed by atoms with Crippen molar-refractivity contribution in [2.45, 2.75) is 31.7 Å². The first kappa shape index (κ1) is 13.5. The van der Waals surface area contributed by atoms with E-state index in [1.807, 2.05) is 0 Å². The number of primary amides is 1. The number of hydrogen-bond donors (Lipinski definition) is 2. The van der Waals surface area contributed by atoms with Gasteiger partial charge in [-0.2, -0.15) is 0 Å². The lowest BCUT2D eigenvalue weighted by molar-refractivity contribution is -0.130. The fourth-order valence-electron chi connectivity index (χ4n) is 1.72. The van der Waals surface area contributed by atoms with E-state index in [1.54, 1.807) is 0 Å². The van der Waals surface area contributed by atoms with Gasteiger partial charge in [0.25, 0.3) is 0 Å². The molecule has 17 heavy (non-hydrogen) atoms. The second kappa shape index (κ2) is 6.92. The summed E-state index contributed by atoms with van der Waals surface area (Å²) in [5, 5.41) is 2.66. The number of rotatable bonds is 6. The number of unbranched alkanes of at least 4 members (excludes halogenated alkanes) is 1. The van der Waals surface area contributed by atoms with Crippen LogP contribution in [0.2, 0.25) is 0 Å². The Morgan fingerprint density at radius 2 is 2.35 bits per heavy atom. The average Bonchev–Trinajstić information content (AvgIpc) is 2.81. The van der Waals surface area contributed by atoms with E-state index in [2.05, 4.69) is 11.2 Å². The van der Waals surface area contributed by atoms with E-state index in [0.29, 0.717) is 38.9 Å². The molecule has 1 fully saturated rings. The summed E-state index contributed by atoms with van der Waals surface area (Å²) in [5.41, 5.74) is 5.23. The van der Waals surface area contributed by atoms with E-state index in [-0.39, 0.29) is 11.8 Å². The summed E-state index contributed by atoms with van der Waals surface area (Å²) in [5.74, 6) is 1.64. The third-order valence-corrected chi connectivity index (χ3v) is 2.77. The average molecular weight is 238 g/mol.